The Morgan fingerprint density at radius 3 is 2.07 bits per heavy atom. The van der Waals surface area contributed by atoms with Gasteiger partial charge in [-0.3, -0.25) is 4.99 Å². The number of rotatable bonds is 4. The molecule has 0 spiro atoms. The van der Waals surface area contributed by atoms with Crippen LogP contribution in [0.5, 0.6) is 5.75 Å². The quantitative estimate of drug-likeness (QED) is 0.328. The van der Waals surface area contributed by atoms with Crippen LogP contribution < -0.4 is 0 Å². The Kier molecular flexibility index (Phi) is 8.18. The predicted molar refractivity (Wildman–Crippen MR) is 116 cm³/mol. The van der Waals surface area contributed by atoms with Crippen molar-refractivity contribution in [3.05, 3.63) is 83.9 Å². The second-order valence-electron chi connectivity index (χ2n) is 6.66. The number of para-hydroxylation sites is 1. The molecule has 5 heteroatoms. The first-order chi connectivity index (χ1) is 13.7. The van der Waals surface area contributed by atoms with Crippen molar-refractivity contribution in [3.8, 4) is 16.9 Å². The molecule has 0 amide bonds. The number of phenolic OH excluding ortho intramolecular Hbond substituents is 1. The van der Waals surface area contributed by atoms with E-state index in [1.165, 1.54) is 6.42 Å². The fourth-order valence-corrected chi connectivity index (χ4v) is 3.26. The molecule has 0 atom stereocenters. The van der Waals surface area contributed by atoms with Crippen LogP contribution in [0.15, 0.2) is 77.8 Å². The number of halogens is 2. The Bertz CT molecular complexity index is 913. The van der Waals surface area contributed by atoms with Gasteiger partial charge in [0.2, 0.25) is 0 Å². The number of hydrogen-bond acceptors (Lipinski definition) is 2. The van der Waals surface area contributed by atoms with Gasteiger partial charge in [0.25, 0.3) is 0 Å². The molecule has 2 nitrogen and oxygen atoms in total. The van der Waals surface area contributed by atoms with Gasteiger partial charge in [-0.25, -0.2) is 0 Å². The average molecular weight is 446 g/mol. The van der Waals surface area contributed by atoms with E-state index < -0.39 is 17.0 Å². The molecule has 1 saturated carbocycles. The molecule has 0 aromatic heterocycles. The van der Waals surface area contributed by atoms with Gasteiger partial charge in [-0.2, -0.15) is 0 Å². The minimum absolute atomic E-state index is 0.379. The maximum atomic E-state index is 10.8. The molecule has 0 unspecified atom stereocenters. The van der Waals surface area contributed by atoms with Crippen LogP contribution in [-0.4, -0.2) is 11.3 Å². The van der Waals surface area contributed by atoms with Crippen LogP contribution in [0.1, 0.15) is 36.3 Å². The number of phenols is 1. The first-order valence-corrected chi connectivity index (χ1v) is 13.5. The third kappa shape index (κ3) is 5.49. The fraction of sp³-hybridized carbons (Fsp3) is 0.174. The molecule has 4 rings (SSSR count). The van der Waals surface area contributed by atoms with Gasteiger partial charge in [-0.15, -0.1) is 0 Å². The van der Waals surface area contributed by atoms with E-state index in [4.69, 9.17) is 18.6 Å². The zero-order chi connectivity index (χ0) is 19.8. The number of nitrogens with zero attached hydrogens (tertiary/aromatic N) is 1. The SMILES string of the molecule is Oc1c(C=Nc2ccccc2)cc(-c2ccccc2)cc1C1CCC1.[Cl][Ti][Cl]. The van der Waals surface area contributed by atoms with E-state index in [9.17, 15) is 5.11 Å². The molecule has 142 valence electrons. The zero-order valence-electron chi connectivity index (χ0n) is 15.4. The summed E-state index contributed by atoms with van der Waals surface area (Å²) >= 11 is -0.556. The zero-order valence-corrected chi connectivity index (χ0v) is 18.4. The van der Waals surface area contributed by atoms with Crippen molar-refractivity contribution >= 4 is 30.5 Å². The first-order valence-electron chi connectivity index (χ1n) is 9.20. The Hall–Kier alpha value is -1.58. The first kappa shape index (κ1) is 21.1. The van der Waals surface area contributed by atoms with E-state index >= 15 is 0 Å². The molecular weight excluding hydrogens is 425 g/mol. The van der Waals surface area contributed by atoms with Crippen molar-refractivity contribution in [3.63, 3.8) is 0 Å². The van der Waals surface area contributed by atoms with Gasteiger partial charge in [0.15, 0.2) is 0 Å². The Balaban J connectivity index is 0.000000706. The maximum absolute atomic E-state index is 10.8. The third-order valence-electron chi connectivity index (χ3n) is 4.93. The minimum atomic E-state index is -0.556. The summed E-state index contributed by atoms with van der Waals surface area (Å²) in [5, 5.41) is 10.8. The van der Waals surface area contributed by atoms with Gasteiger partial charge in [0.05, 0.1) is 5.69 Å². The number of hydrogen-bond donors (Lipinski definition) is 1. The topological polar surface area (TPSA) is 32.6 Å². The summed E-state index contributed by atoms with van der Waals surface area (Å²) in [4.78, 5) is 4.53. The van der Waals surface area contributed by atoms with Crippen LogP contribution in [0.4, 0.5) is 5.69 Å². The molecule has 3 aromatic rings. The van der Waals surface area contributed by atoms with E-state index in [1.54, 1.807) is 6.21 Å². The summed E-state index contributed by atoms with van der Waals surface area (Å²) < 4.78 is 0. The molecule has 0 saturated heterocycles. The molecule has 0 bridgehead atoms. The molecular formula is C23H21Cl2NOTi. The van der Waals surface area contributed by atoms with Gasteiger partial charge >= 0.3 is 35.6 Å². The van der Waals surface area contributed by atoms with Crippen LogP contribution >= 0.6 is 18.6 Å². The molecule has 3 aromatic carbocycles. The van der Waals surface area contributed by atoms with Gasteiger partial charge in [-0.05, 0) is 59.7 Å². The van der Waals surface area contributed by atoms with Crippen LogP contribution in [0.3, 0.4) is 0 Å². The Morgan fingerprint density at radius 1 is 0.893 bits per heavy atom. The van der Waals surface area contributed by atoms with Gasteiger partial charge < -0.3 is 5.11 Å². The van der Waals surface area contributed by atoms with Crippen LogP contribution in [-0.2, 0) is 17.0 Å². The molecule has 28 heavy (non-hydrogen) atoms. The van der Waals surface area contributed by atoms with Crippen molar-refractivity contribution in [2.24, 2.45) is 4.99 Å². The van der Waals surface area contributed by atoms with Gasteiger partial charge in [0, 0.05) is 11.8 Å². The molecule has 1 aliphatic rings. The van der Waals surface area contributed by atoms with Crippen molar-refractivity contribution in [1.29, 1.82) is 0 Å². The second-order valence-corrected chi connectivity index (χ2v) is 9.24. The van der Waals surface area contributed by atoms with E-state index in [1.807, 2.05) is 54.6 Å². The monoisotopic (exact) mass is 445 g/mol. The van der Waals surface area contributed by atoms with Gasteiger partial charge in [0.1, 0.15) is 5.75 Å². The average Bonchev–Trinajstić information content (AvgIpc) is 2.69. The summed E-state index contributed by atoms with van der Waals surface area (Å²) in [5.41, 5.74) is 5.03. The van der Waals surface area contributed by atoms with E-state index in [2.05, 4.69) is 23.2 Å². The van der Waals surface area contributed by atoms with Crippen LogP contribution in [0.25, 0.3) is 11.1 Å². The van der Waals surface area contributed by atoms with Crippen molar-refractivity contribution in [1.82, 2.24) is 0 Å². The summed E-state index contributed by atoms with van der Waals surface area (Å²) in [6, 6.07) is 24.3. The summed E-state index contributed by atoms with van der Waals surface area (Å²) in [7, 11) is 9.78. The molecule has 1 fully saturated rings. The van der Waals surface area contributed by atoms with Crippen LogP contribution in [0, 0.1) is 0 Å². The van der Waals surface area contributed by atoms with Gasteiger partial charge in [-0.1, -0.05) is 55.0 Å². The van der Waals surface area contributed by atoms with Crippen molar-refractivity contribution in [2.75, 3.05) is 0 Å². The Morgan fingerprint density at radius 2 is 1.50 bits per heavy atom. The number of aromatic hydroxyl groups is 1. The molecule has 1 aliphatic carbocycles. The fourth-order valence-electron chi connectivity index (χ4n) is 3.26. The molecule has 0 heterocycles. The standard InChI is InChI=1S/C23H21NO.2ClH.Ti/c25-23-20(16-24-21-12-5-2-6-13-21)14-19(17-8-3-1-4-9-17)15-22(23)18-10-7-11-18;;;/h1-6,8-9,12-16,18,25H,7,10-11H2;2*1H;/q;;;+2/p-2. The third-order valence-corrected chi connectivity index (χ3v) is 4.93. The number of aliphatic imine (C=N–C) groups is 1. The second kappa shape index (κ2) is 10.8. The number of benzene rings is 3. The van der Waals surface area contributed by atoms with E-state index in [0.717, 1.165) is 40.8 Å². The van der Waals surface area contributed by atoms with E-state index in [0.29, 0.717) is 11.7 Å². The summed E-state index contributed by atoms with van der Waals surface area (Å²) in [6.07, 6.45) is 5.33. The molecule has 1 N–H and O–H groups in total. The van der Waals surface area contributed by atoms with Crippen molar-refractivity contribution < 1.29 is 22.1 Å². The Labute approximate surface area is 182 Å². The van der Waals surface area contributed by atoms with E-state index in [-0.39, 0.29) is 0 Å². The summed E-state index contributed by atoms with van der Waals surface area (Å²) in [6.45, 7) is 0. The van der Waals surface area contributed by atoms with Crippen molar-refractivity contribution in [2.45, 2.75) is 25.2 Å². The predicted octanol–water partition coefficient (Wildman–Crippen LogP) is 7.45. The molecule has 0 radical (unpaired) electrons. The van der Waals surface area contributed by atoms with Crippen LogP contribution in [0.2, 0.25) is 0 Å². The molecule has 0 aliphatic heterocycles. The normalized spacial score (nSPS) is 13.5. The summed E-state index contributed by atoms with van der Waals surface area (Å²) in [5.74, 6) is 0.844.